The summed E-state index contributed by atoms with van der Waals surface area (Å²) in [7, 11) is 0. The van der Waals surface area contributed by atoms with E-state index in [2.05, 4.69) is 55.4 Å². The molecule has 12 aliphatic rings. The van der Waals surface area contributed by atoms with Gasteiger partial charge in [0.25, 0.3) is 0 Å². The van der Waals surface area contributed by atoms with Crippen LogP contribution in [0.3, 0.4) is 0 Å². The number of carbonyl (C=O) groups excluding carboxylic acids is 4. The van der Waals surface area contributed by atoms with Crippen LogP contribution in [0, 0.1) is 81.8 Å². The minimum atomic E-state index is -0.264. The topological polar surface area (TPSA) is 156 Å². The van der Waals surface area contributed by atoms with Gasteiger partial charge in [-0.2, -0.15) is 0 Å². The van der Waals surface area contributed by atoms with E-state index in [0.29, 0.717) is 71.9 Å². The average Bonchev–Trinajstić information content (AvgIpc) is 1.58. The normalized spacial score (nSPS) is 42.3. The number of fused-ring (bicyclic) bond motifs is 12. The van der Waals surface area contributed by atoms with Crippen molar-refractivity contribution in [3.63, 3.8) is 0 Å². The SMILES string of the molecule is CC1=C2C[C@H]3[C@@H](CC[C@@H]4C[C@H](OC(=O)CN)CC[C@@]43C)[C@@H]2CC[C@@]2(C1)O[C@@H]1C[C@H](C)CN(C(=O)OCc3ccccc3)[C@H]1[C@H]2C.CCC(=O)O[C@@H]1CC[C@@]2(C)[C@H](CC[C@H]3[C@@H]4CC[C@@]5(CC(C)=C4C[C@@H]32)O[C@@H]2C[C@H](C)CN(C(=O)OCc3ccccc3)[C@H]2[C@H]5C)C1. The van der Waals surface area contributed by atoms with Gasteiger partial charge in [0.05, 0.1) is 42.0 Å². The number of ether oxygens (including phenoxy) is 6. The van der Waals surface area contributed by atoms with E-state index in [9.17, 15) is 19.2 Å². The Morgan fingerprint density at radius 2 is 0.978 bits per heavy atom. The van der Waals surface area contributed by atoms with Crippen LogP contribution in [0.25, 0.3) is 0 Å². The molecule has 2 N–H and O–H groups in total. The second kappa shape index (κ2) is 25.5. The van der Waals surface area contributed by atoms with E-state index in [-0.39, 0.29) is 90.2 Å². The standard InChI is InChI=1S/C39H55NO5.C38H54N2O5/c1-6-35(41)44-29-14-16-38(5)28(19-29)12-13-31-30-15-17-39(21-25(3)32(30)20-33(31)38)26(4)36-34(45-39)18-24(2)22-40(36)37(42)43-23-27-10-8-7-9-11-27;1-23-16-33-35(40(21-23)36(42)43-22-26-8-6-5-7-9-26)25(3)38(45-33)15-13-29-30-11-10-27-17-28(44-34(41)20-39)12-14-37(27,4)32(30)18-31(29)24(2)19-38/h7-11,24,26,28-31,33-34,36H,6,12-23H2,1-5H3;5-9,23,25,27-30,32-33,35H,10-22,39H2,1-4H3/t24-,26+,28+,29+,30-,31-,33-,34+,36-,38-,39-;23-,25+,27+,28+,29-,30-,32-,33+,35-,37-,38-/m00/s1. The molecule has 2 aromatic carbocycles. The number of amides is 2. The minimum Gasteiger partial charge on any atom is -0.462 e. The molecule has 4 heterocycles. The lowest BCUT2D eigenvalue weighted by Gasteiger charge is -2.54. The summed E-state index contributed by atoms with van der Waals surface area (Å²) in [6, 6.07) is 20.1. The fourth-order valence-corrected chi connectivity index (χ4v) is 22.8. The molecule has 4 aliphatic heterocycles. The molecule has 0 unspecified atom stereocenters. The zero-order valence-corrected chi connectivity index (χ0v) is 56.1. The summed E-state index contributed by atoms with van der Waals surface area (Å²) >= 11 is 0. The fourth-order valence-electron chi connectivity index (χ4n) is 22.8. The van der Waals surface area contributed by atoms with Gasteiger partial charge in [-0.1, -0.05) is 131 Å². The van der Waals surface area contributed by atoms with E-state index in [1.54, 1.807) is 22.3 Å². The first-order valence-corrected chi connectivity index (χ1v) is 36.0. The molecular weight excluding hydrogens is 1130 g/mol. The molecule has 0 bridgehead atoms. The van der Waals surface area contributed by atoms with Crippen LogP contribution >= 0.6 is 0 Å². The van der Waals surface area contributed by atoms with Gasteiger partial charge in [0.2, 0.25) is 0 Å². The minimum absolute atomic E-state index is 0.0288. The van der Waals surface area contributed by atoms with Crippen molar-refractivity contribution < 1.29 is 47.6 Å². The first-order chi connectivity index (χ1) is 43.2. The summed E-state index contributed by atoms with van der Waals surface area (Å²) in [5.74, 6) is 6.51. The van der Waals surface area contributed by atoms with Gasteiger partial charge in [0, 0.05) is 31.3 Å². The van der Waals surface area contributed by atoms with Crippen LogP contribution in [0.5, 0.6) is 0 Å². The quantitative estimate of drug-likeness (QED) is 0.152. The Morgan fingerprint density at radius 1 is 0.556 bits per heavy atom. The van der Waals surface area contributed by atoms with E-state index in [1.165, 1.54) is 57.8 Å². The molecule has 0 aromatic heterocycles. The highest BCUT2D eigenvalue weighted by Crippen LogP contribution is 2.68. The van der Waals surface area contributed by atoms with Crippen molar-refractivity contribution in [2.24, 2.45) is 87.6 Å². The van der Waals surface area contributed by atoms with Crippen LogP contribution in [-0.2, 0) is 51.2 Å². The smallest absolute Gasteiger partial charge is 0.410 e. The molecular formula is C77H109N3O10. The monoisotopic (exact) mass is 1240 g/mol. The van der Waals surface area contributed by atoms with Gasteiger partial charge in [0.1, 0.15) is 25.4 Å². The van der Waals surface area contributed by atoms with E-state index in [1.807, 2.05) is 77.4 Å². The number of likely N-dealkylation sites (tertiary alicyclic amines) is 2. The Morgan fingerprint density at radius 3 is 1.39 bits per heavy atom. The highest BCUT2D eigenvalue weighted by Gasteiger charge is 2.64. The maximum Gasteiger partial charge on any atom is 0.410 e. The lowest BCUT2D eigenvalue weighted by molar-refractivity contribution is -0.156. The van der Waals surface area contributed by atoms with Crippen LogP contribution in [0.4, 0.5) is 9.59 Å². The summed E-state index contributed by atoms with van der Waals surface area (Å²) in [6.45, 7) is 23.1. The van der Waals surface area contributed by atoms with Gasteiger partial charge >= 0.3 is 24.1 Å². The second-order valence-corrected chi connectivity index (χ2v) is 32.2. The van der Waals surface area contributed by atoms with E-state index in [0.717, 1.165) is 113 Å². The number of rotatable bonds is 8. The Balaban J connectivity index is 0.000000165. The lowest BCUT2D eigenvalue weighted by Crippen LogP contribution is -2.54. The molecule has 2 spiro atoms. The molecule has 22 atom stereocenters. The first-order valence-electron chi connectivity index (χ1n) is 36.0. The van der Waals surface area contributed by atoms with Crippen molar-refractivity contribution in [1.29, 1.82) is 0 Å². The number of piperidine rings is 2. The number of hydrogen-bond donors (Lipinski definition) is 1. The van der Waals surface area contributed by atoms with Crippen molar-refractivity contribution >= 4 is 24.1 Å². The Labute approximate surface area is 538 Å². The summed E-state index contributed by atoms with van der Waals surface area (Å²) in [6.07, 6.45) is 22.7. The highest BCUT2D eigenvalue weighted by atomic mass is 16.6. The molecule has 4 saturated heterocycles. The zero-order valence-electron chi connectivity index (χ0n) is 56.1. The molecule has 0 radical (unpaired) electrons. The number of carbonyl (C=O) groups is 4. The van der Waals surface area contributed by atoms with Gasteiger partial charge in [-0.05, 0) is 223 Å². The maximum atomic E-state index is 13.6. The summed E-state index contributed by atoms with van der Waals surface area (Å²) in [4.78, 5) is 55.1. The number of benzene rings is 2. The molecule has 13 heteroatoms. The molecule has 14 rings (SSSR count). The van der Waals surface area contributed by atoms with Gasteiger partial charge in [-0.25, -0.2) is 9.59 Å². The second-order valence-electron chi connectivity index (χ2n) is 32.2. The Bertz CT molecular complexity index is 2820. The van der Waals surface area contributed by atoms with Crippen LogP contribution in [0.1, 0.15) is 208 Å². The van der Waals surface area contributed by atoms with Crippen molar-refractivity contribution in [3.8, 4) is 0 Å². The maximum absolute atomic E-state index is 13.6. The van der Waals surface area contributed by atoms with Crippen LogP contribution in [-0.4, -0.2) is 101 Å². The molecule has 6 saturated carbocycles. The molecule has 2 aromatic rings. The molecule has 90 heavy (non-hydrogen) atoms. The third kappa shape index (κ3) is 11.7. The summed E-state index contributed by atoms with van der Waals surface area (Å²) in [5.41, 5.74) is 14.4. The van der Waals surface area contributed by atoms with Crippen molar-refractivity contribution in [1.82, 2.24) is 9.80 Å². The first kappa shape index (κ1) is 64.0. The van der Waals surface area contributed by atoms with Crippen molar-refractivity contribution in [3.05, 3.63) is 94.1 Å². The van der Waals surface area contributed by atoms with Gasteiger partial charge < -0.3 is 44.0 Å². The van der Waals surface area contributed by atoms with Crippen molar-refractivity contribution in [2.75, 3.05) is 19.6 Å². The Hall–Kier alpha value is -4.72. The van der Waals surface area contributed by atoms with Crippen LogP contribution < -0.4 is 5.73 Å². The van der Waals surface area contributed by atoms with Gasteiger partial charge in [0.15, 0.2) is 0 Å². The third-order valence-electron chi connectivity index (χ3n) is 27.3. The largest absolute Gasteiger partial charge is 0.462 e. The van der Waals surface area contributed by atoms with Crippen molar-refractivity contribution in [2.45, 2.75) is 258 Å². The molecule has 13 nitrogen and oxygen atoms in total. The molecule has 8 aliphatic carbocycles. The average molecular weight is 1240 g/mol. The lowest BCUT2D eigenvalue weighted by atomic mass is 9.52. The third-order valence-corrected chi connectivity index (χ3v) is 27.3. The molecule has 2 amide bonds. The van der Waals surface area contributed by atoms with Gasteiger partial charge in [-0.3, -0.25) is 9.59 Å². The van der Waals surface area contributed by atoms with Crippen LogP contribution in [0.2, 0.25) is 0 Å². The predicted molar refractivity (Wildman–Crippen MR) is 347 cm³/mol. The number of nitrogens with two attached hydrogens (primary N) is 1. The number of esters is 2. The van der Waals surface area contributed by atoms with E-state index in [4.69, 9.17) is 34.2 Å². The molecule has 492 valence electrons. The predicted octanol–water partition coefficient (Wildman–Crippen LogP) is 15.5. The van der Waals surface area contributed by atoms with Gasteiger partial charge in [-0.15, -0.1) is 0 Å². The summed E-state index contributed by atoms with van der Waals surface area (Å²) < 4.78 is 37.8. The van der Waals surface area contributed by atoms with Crippen LogP contribution in [0.15, 0.2) is 83.0 Å². The molecule has 10 fully saturated rings. The summed E-state index contributed by atoms with van der Waals surface area (Å²) in [5, 5.41) is 0. The fraction of sp³-hybridized carbons (Fsp3) is 0.740. The number of allylic oxidation sites excluding steroid dienone is 2. The number of hydrogen-bond acceptors (Lipinski definition) is 11. The highest BCUT2D eigenvalue weighted by molar-refractivity contribution is 5.71. The number of nitrogens with zero attached hydrogens (tertiary/aromatic N) is 2. The zero-order chi connectivity index (χ0) is 63.0. The Kier molecular flexibility index (Phi) is 18.2. The van der Waals surface area contributed by atoms with E-state index >= 15 is 0 Å². The van der Waals surface area contributed by atoms with E-state index < -0.39 is 0 Å².